The van der Waals surface area contributed by atoms with Crippen LogP contribution in [0.25, 0.3) is 11.1 Å². The number of nitrogens with zero attached hydrogens (tertiary/aromatic N) is 2. The van der Waals surface area contributed by atoms with Crippen LogP contribution in [-0.4, -0.2) is 113 Å². The third kappa shape index (κ3) is 10.0. The molecule has 0 amide bonds. The molecule has 6 N–H and O–H groups in total. The molecule has 13 heteroatoms. The van der Waals surface area contributed by atoms with Crippen molar-refractivity contribution < 1.29 is 34.6 Å². The first-order valence-electron chi connectivity index (χ1n) is 17.1. The largest absolute Gasteiger partial charge is 0.493 e. The van der Waals surface area contributed by atoms with Crippen LogP contribution in [-0.2, 0) is 13.2 Å². The Morgan fingerprint density at radius 2 is 1.64 bits per heavy atom. The van der Waals surface area contributed by atoms with E-state index in [1.807, 2.05) is 43.3 Å². The van der Waals surface area contributed by atoms with Crippen LogP contribution in [0.1, 0.15) is 36.0 Å². The van der Waals surface area contributed by atoms with E-state index in [4.69, 9.17) is 42.8 Å². The number of aliphatic hydroxyl groups is 4. The minimum absolute atomic E-state index is 0.0250. The van der Waals surface area contributed by atoms with E-state index in [9.17, 15) is 20.4 Å². The second kappa shape index (κ2) is 18.4. The smallest absolute Gasteiger partial charge is 0.145 e. The van der Waals surface area contributed by atoms with Crippen LogP contribution in [0, 0.1) is 12.3 Å². The molecule has 2 heterocycles. The van der Waals surface area contributed by atoms with Crippen LogP contribution < -0.4 is 19.5 Å². The molecule has 0 aliphatic carbocycles. The Balaban J connectivity index is 1.27. The van der Waals surface area contributed by atoms with Crippen molar-refractivity contribution in [2.75, 3.05) is 59.2 Å². The first kappa shape index (κ1) is 38.1. The maximum atomic E-state index is 9.89. The zero-order valence-corrected chi connectivity index (χ0v) is 29.9. The molecule has 50 heavy (non-hydrogen) atoms. The van der Waals surface area contributed by atoms with Gasteiger partial charge in [-0.05, 0) is 49.4 Å². The highest BCUT2D eigenvalue weighted by molar-refractivity contribution is 6.34. The maximum absolute atomic E-state index is 9.89. The van der Waals surface area contributed by atoms with Gasteiger partial charge in [-0.25, -0.2) is 0 Å². The van der Waals surface area contributed by atoms with Crippen molar-refractivity contribution in [3.63, 3.8) is 0 Å². The molecule has 272 valence electrons. The average Bonchev–Trinajstić information content (AvgIpc) is 3.74. The molecule has 2 fully saturated rings. The predicted molar refractivity (Wildman–Crippen MR) is 195 cm³/mol. The van der Waals surface area contributed by atoms with E-state index < -0.39 is 12.1 Å². The molecule has 2 saturated heterocycles. The van der Waals surface area contributed by atoms with Gasteiger partial charge in [0.25, 0.3) is 0 Å². The van der Waals surface area contributed by atoms with Crippen LogP contribution in [0.4, 0.5) is 0 Å². The number of amidine groups is 1. The molecule has 0 bridgehead atoms. The average molecular weight is 732 g/mol. The lowest BCUT2D eigenvalue weighted by Gasteiger charge is -2.21. The van der Waals surface area contributed by atoms with Gasteiger partial charge in [-0.15, -0.1) is 0 Å². The highest BCUT2D eigenvalue weighted by Gasteiger charge is 2.24. The molecule has 2 aliphatic rings. The quantitative estimate of drug-likeness (QED) is 0.0676. The van der Waals surface area contributed by atoms with E-state index in [1.54, 1.807) is 17.0 Å². The van der Waals surface area contributed by atoms with Gasteiger partial charge in [0.1, 0.15) is 36.3 Å². The van der Waals surface area contributed by atoms with Gasteiger partial charge in [-0.3, -0.25) is 5.41 Å². The Morgan fingerprint density at radius 1 is 0.900 bits per heavy atom. The Kier molecular flexibility index (Phi) is 14.0. The summed E-state index contributed by atoms with van der Waals surface area (Å²) in [5, 5.41) is 51.1. The van der Waals surface area contributed by atoms with E-state index in [0.29, 0.717) is 53.2 Å². The fourth-order valence-corrected chi connectivity index (χ4v) is 6.75. The molecule has 0 radical (unpaired) electrons. The molecular weight excluding hydrogens is 683 g/mol. The number of aliphatic hydroxyl groups excluding tert-OH is 4. The van der Waals surface area contributed by atoms with Crippen molar-refractivity contribution in [1.82, 2.24) is 15.1 Å². The van der Waals surface area contributed by atoms with Crippen molar-refractivity contribution >= 4 is 29.0 Å². The third-order valence-electron chi connectivity index (χ3n) is 9.21. The predicted octanol–water partition coefficient (Wildman–Crippen LogP) is 4.25. The Labute approximate surface area is 303 Å². The van der Waals surface area contributed by atoms with Crippen LogP contribution in [0.15, 0.2) is 48.5 Å². The lowest BCUT2D eigenvalue weighted by molar-refractivity contribution is 0.170. The lowest BCUT2D eigenvalue weighted by atomic mass is 9.98. The first-order chi connectivity index (χ1) is 24.2. The van der Waals surface area contributed by atoms with Crippen molar-refractivity contribution in [3.05, 3.63) is 75.3 Å². The number of ether oxygens (including phenoxy) is 3. The van der Waals surface area contributed by atoms with Crippen molar-refractivity contribution in [2.24, 2.45) is 0 Å². The molecule has 2 atom stereocenters. The van der Waals surface area contributed by atoms with E-state index in [2.05, 4.69) is 10.2 Å². The molecule has 0 saturated carbocycles. The highest BCUT2D eigenvalue weighted by atomic mass is 35.5. The fraction of sp³-hybridized carbons (Fsp3) is 0.486. The van der Waals surface area contributed by atoms with Crippen LogP contribution in [0.3, 0.4) is 0 Å². The van der Waals surface area contributed by atoms with Gasteiger partial charge in [0.15, 0.2) is 0 Å². The summed E-state index contributed by atoms with van der Waals surface area (Å²) in [7, 11) is 0. The first-order valence-corrected chi connectivity index (χ1v) is 17.9. The number of halogens is 2. The number of β-amino-alcohol motifs (C(OH)–C–C–N with tert-alkyl or cyclic N) is 2. The number of likely N-dealkylation sites (tertiary alicyclic amines) is 2. The third-order valence-corrected chi connectivity index (χ3v) is 9.95. The molecule has 11 nitrogen and oxygen atoms in total. The van der Waals surface area contributed by atoms with E-state index >= 15 is 0 Å². The van der Waals surface area contributed by atoms with Crippen LogP contribution in [0.5, 0.6) is 17.2 Å². The monoisotopic (exact) mass is 730 g/mol. The molecule has 2 aliphatic heterocycles. The molecule has 0 spiro atoms. The summed E-state index contributed by atoms with van der Waals surface area (Å²) in [6.45, 7) is 5.97. The SMILES string of the molecule is Cc1c(OCCCN2CCC(O)C2)cccc1-c1cccc(COc2cc(OCC(=N)N3CCC(O)C3)c(CNC(CO)CO)cc2Cl)c1Cl. The number of hydrogen-bond acceptors (Lipinski definition) is 10. The molecule has 0 aromatic heterocycles. The summed E-state index contributed by atoms with van der Waals surface area (Å²) in [4.78, 5) is 4.04. The molecule has 3 aromatic carbocycles. The number of hydrogen-bond donors (Lipinski definition) is 6. The zero-order valence-electron chi connectivity index (χ0n) is 28.4. The van der Waals surface area contributed by atoms with Gasteiger partial charge in [0.05, 0.1) is 48.1 Å². The second-order valence-electron chi connectivity index (χ2n) is 12.9. The van der Waals surface area contributed by atoms with E-state index in [-0.39, 0.29) is 44.9 Å². The summed E-state index contributed by atoms with van der Waals surface area (Å²) in [6.07, 6.45) is 1.62. The maximum Gasteiger partial charge on any atom is 0.145 e. The summed E-state index contributed by atoms with van der Waals surface area (Å²) >= 11 is 13.7. The summed E-state index contributed by atoms with van der Waals surface area (Å²) in [6, 6.07) is 14.6. The van der Waals surface area contributed by atoms with Gasteiger partial charge < -0.3 is 49.8 Å². The summed E-state index contributed by atoms with van der Waals surface area (Å²) < 4.78 is 18.5. The number of benzene rings is 3. The van der Waals surface area contributed by atoms with Crippen molar-refractivity contribution in [3.8, 4) is 28.4 Å². The van der Waals surface area contributed by atoms with Gasteiger partial charge in [0.2, 0.25) is 0 Å². The molecular formula is C37H48Cl2N4O7. The van der Waals surface area contributed by atoms with Gasteiger partial charge in [-0.2, -0.15) is 0 Å². The minimum atomic E-state index is -0.525. The van der Waals surface area contributed by atoms with Gasteiger partial charge in [-0.1, -0.05) is 53.5 Å². The lowest BCUT2D eigenvalue weighted by Crippen LogP contribution is -2.35. The molecule has 5 rings (SSSR count). The van der Waals surface area contributed by atoms with Crippen molar-refractivity contribution in [1.29, 1.82) is 5.41 Å². The van der Waals surface area contributed by atoms with Crippen molar-refractivity contribution in [2.45, 2.75) is 57.6 Å². The van der Waals surface area contributed by atoms with E-state index in [0.717, 1.165) is 60.5 Å². The van der Waals surface area contributed by atoms with Crippen LogP contribution >= 0.6 is 23.2 Å². The number of nitrogens with one attached hydrogen (secondary N) is 2. The fourth-order valence-electron chi connectivity index (χ4n) is 6.23. The summed E-state index contributed by atoms with van der Waals surface area (Å²) in [5.41, 5.74) is 4.22. The highest BCUT2D eigenvalue weighted by Crippen LogP contribution is 2.38. The normalized spacial score (nSPS) is 17.9. The second-order valence-corrected chi connectivity index (χ2v) is 13.7. The van der Waals surface area contributed by atoms with Crippen LogP contribution in [0.2, 0.25) is 10.0 Å². The topological polar surface area (TPSA) is 151 Å². The molecule has 2 unspecified atom stereocenters. The Hall–Kier alpha value is -3.13. The van der Waals surface area contributed by atoms with Gasteiger partial charge >= 0.3 is 0 Å². The zero-order chi connectivity index (χ0) is 35.6. The number of rotatable bonds is 17. The minimum Gasteiger partial charge on any atom is -0.493 e. The van der Waals surface area contributed by atoms with E-state index in [1.165, 1.54) is 0 Å². The van der Waals surface area contributed by atoms with Gasteiger partial charge in [0, 0.05) is 62.0 Å². The summed E-state index contributed by atoms with van der Waals surface area (Å²) in [5.74, 6) is 1.85. The Bertz CT molecular complexity index is 1590. The standard InChI is InChI=1S/C37H48Cl2N4O7/c1-24-30(6-3-8-33(24)48-14-4-11-42-12-9-28(46)18-42)31-7-2-5-25(37(31)39)22-49-35-16-34(50-23-36(40)43-13-10-29(47)19-43)26(15-32(35)38)17-41-27(20-44)21-45/h2-3,5-8,15-16,27-29,40-41,44-47H,4,9-14,17-23H2,1H3. The molecule has 3 aromatic rings. The Morgan fingerprint density at radius 3 is 2.36 bits per heavy atom.